The minimum atomic E-state index is -0.238. The molecule has 2 amide bonds. The molecule has 0 aliphatic heterocycles. The van der Waals surface area contributed by atoms with Crippen LogP contribution in [0.5, 0.6) is 0 Å². The number of carbonyl (C=O) groups excluding carboxylic acids is 2. The molecule has 1 heterocycles. The maximum absolute atomic E-state index is 12.1. The summed E-state index contributed by atoms with van der Waals surface area (Å²) < 4.78 is 0. The normalized spacial score (nSPS) is 10.2. The van der Waals surface area contributed by atoms with Gasteiger partial charge in [0.05, 0.1) is 0 Å². The summed E-state index contributed by atoms with van der Waals surface area (Å²) in [5.41, 5.74) is 2.42. The monoisotopic (exact) mass is 331 g/mol. The molecule has 0 bridgehead atoms. The summed E-state index contributed by atoms with van der Waals surface area (Å²) in [5, 5.41) is 3.38. The van der Waals surface area contributed by atoms with Crippen LogP contribution < -0.4 is 10.2 Å². The standard InChI is InChI=1S/C17H18ClN3O2/c1-12-8-15(18)5-6-16(12)21(13(2)22)11-17(23)20-10-14-4-3-7-19-9-14/h3-9H,10-11H2,1-2H3,(H,20,23). The maximum Gasteiger partial charge on any atom is 0.240 e. The summed E-state index contributed by atoms with van der Waals surface area (Å²) in [6, 6.07) is 8.89. The van der Waals surface area contributed by atoms with Crippen molar-refractivity contribution in [2.45, 2.75) is 20.4 Å². The average molecular weight is 332 g/mol. The summed E-state index contributed by atoms with van der Waals surface area (Å²) >= 11 is 5.94. The van der Waals surface area contributed by atoms with Gasteiger partial charge in [-0.1, -0.05) is 17.7 Å². The van der Waals surface area contributed by atoms with Gasteiger partial charge in [0.25, 0.3) is 0 Å². The lowest BCUT2D eigenvalue weighted by Gasteiger charge is -2.22. The van der Waals surface area contributed by atoms with Crippen molar-refractivity contribution in [3.8, 4) is 0 Å². The van der Waals surface area contributed by atoms with Gasteiger partial charge in [0.2, 0.25) is 11.8 Å². The summed E-state index contributed by atoms with van der Waals surface area (Å²) in [7, 11) is 0. The van der Waals surface area contributed by atoms with Crippen molar-refractivity contribution < 1.29 is 9.59 Å². The molecule has 0 saturated carbocycles. The number of rotatable bonds is 5. The molecule has 6 heteroatoms. The molecular formula is C17H18ClN3O2. The van der Waals surface area contributed by atoms with Gasteiger partial charge in [-0.25, -0.2) is 0 Å². The van der Waals surface area contributed by atoms with Crippen molar-refractivity contribution in [1.29, 1.82) is 0 Å². The second-order valence-corrected chi connectivity index (χ2v) is 5.61. The van der Waals surface area contributed by atoms with E-state index >= 15 is 0 Å². The number of amides is 2. The van der Waals surface area contributed by atoms with Gasteiger partial charge in [-0.05, 0) is 42.3 Å². The second kappa shape index (κ2) is 7.74. The van der Waals surface area contributed by atoms with Crippen LogP contribution in [0.3, 0.4) is 0 Å². The van der Waals surface area contributed by atoms with Crippen molar-refractivity contribution in [1.82, 2.24) is 10.3 Å². The zero-order chi connectivity index (χ0) is 16.8. The van der Waals surface area contributed by atoms with E-state index in [1.807, 2.05) is 13.0 Å². The molecule has 0 saturated heterocycles. The lowest BCUT2D eigenvalue weighted by Crippen LogP contribution is -2.40. The molecule has 0 aliphatic carbocycles. The van der Waals surface area contributed by atoms with Gasteiger partial charge >= 0.3 is 0 Å². The highest BCUT2D eigenvalue weighted by Gasteiger charge is 2.17. The Bertz CT molecular complexity index is 704. The largest absolute Gasteiger partial charge is 0.350 e. The highest BCUT2D eigenvalue weighted by Crippen LogP contribution is 2.23. The fourth-order valence-corrected chi connectivity index (χ4v) is 2.42. The molecule has 120 valence electrons. The second-order valence-electron chi connectivity index (χ2n) is 5.17. The Labute approximate surface area is 140 Å². The Morgan fingerprint density at radius 3 is 2.70 bits per heavy atom. The quantitative estimate of drug-likeness (QED) is 0.916. The highest BCUT2D eigenvalue weighted by atomic mass is 35.5. The first-order valence-electron chi connectivity index (χ1n) is 7.17. The van der Waals surface area contributed by atoms with Gasteiger partial charge in [-0.2, -0.15) is 0 Å². The third-order valence-corrected chi connectivity index (χ3v) is 3.58. The van der Waals surface area contributed by atoms with E-state index in [9.17, 15) is 9.59 Å². The Balaban J connectivity index is 2.04. The van der Waals surface area contributed by atoms with Crippen molar-refractivity contribution >= 4 is 29.1 Å². The van der Waals surface area contributed by atoms with E-state index in [1.165, 1.54) is 11.8 Å². The Kier molecular flexibility index (Phi) is 5.71. The first kappa shape index (κ1) is 17.0. The smallest absolute Gasteiger partial charge is 0.240 e. The van der Waals surface area contributed by atoms with Crippen LogP contribution in [0.1, 0.15) is 18.1 Å². The fraction of sp³-hybridized carbons (Fsp3) is 0.235. The van der Waals surface area contributed by atoms with E-state index < -0.39 is 0 Å². The number of hydrogen-bond acceptors (Lipinski definition) is 3. The van der Waals surface area contributed by atoms with E-state index in [1.54, 1.807) is 36.7 Å². The minimum absolute atomic E-state index is 0.0436. The predicted octanol–water partition coefficient (Wildman–Crippen LogP) is 2.71. The van der Waals surface area contributed by atoms with Crippen LogP contribution in [0, 0.1) is 6.92 Å². The molecule has 0 spiro atoms. The number of aromatic nitrogens is 1. The average Bonchev–Trinajstić information content (AvgIpc) is 2.52. The van der Waals surface area contributed by atoms with Crippen molar-refractivity contribution in [2.24, 2.45) is 0 Å². The summed E-state index contributed by atoms with van der Waals surface area (Å²) in [6.07, 6.45) is 3.36. The van der Waals surface area contributed by atoms with Gasteiger partial charge in [-0.15, -0.1) is 0 Å². The minimum Gasteiger partial charge on any atom is -0.350 e. The number of hydrogen-bond donors (Lipinski definition) is 1. The molecule has 0 unspecified atom stereocenters. The molecule has 5 nitrogen and oxygen atoms in total. The van der Waals surface area contributed by atoms with Gasteiger partial charge in [0, 0.05) is 36.6 Å². The molecule has 0 fully saturated rings. The molecule has 0 aliphatic rings. The molecule has 0 atom stereocenters. The van der Waals surface area contributed by atoms with Gasteiger partial charge < -0.3 is 10.2 Å². The lowest BCUT2D eigenvalue weighted by atomic mass is 10.1. The zero-order valence-corrected chi connectivity index (χ0v) is 13.8. The molecule has 1 N–H and O–H groups in total. The molecular weight excluding hydrogens is 314 g/mol. The fourth-order valence-electron chi connectivity index (χ4n) is 2.19. The topological polar surface area (TPSA) is 62.3 Å². The lowest BCUT2D eigenvalue weighted by molar-refractivity contribution is -0.123. The van der Waals surface area contributed by atoms with Crippen LogP contribution >= 0.6 is 11.6 Å². The highest BCUT2D eigenvalue weighted by molar-refractivity contribution is 6.30. The van der Waals surface area contributed by atoms with E-state index in [0.29, 0.717) is 17.3 Å². The van der Waals surface area contributed by atoms with Gasteiger partial charge in [0.1, 0.15) is 6.54 Å². The summed E-state index contributed by atoms with van der Waals surface area (Å²) in [5.74, 6) is -0.439. The van der Waals surface area contributed by atoms with Crippen LogP contribution in [-0.2, 0) is 16.1 Å². The number of nitrogens with one attached hydrogen (secondary N) is 1. The van der Waals surface area contributed by atoms with Crippen molar-refractivity contribution in [3.63, 3.8) is 0 Å². The number of aryl methyl sites for hydroxylation is 1. The third kappa shape index (κ3) is 4.79. The van der Waals surface area contributed by atoms with E-state index in [2.05, 4.69) is 10.3 Å². The number of benzene rings is 1. The number of carbonyl (C=O) groups is 2. The van der Waals surface area contributed by atoms with E-state index in [-0.39, 0.29) is 18.4 Å². The van der Waals surface area contributed by atoms with Crippen LogP contribution in [-0.4, -0.2) is 23.3 Å². The molecule has 2 aromatic rings. The molecule has 1 aromatic carbocycles. The number of nitrogens with zero attached hydrogens (tertiary/aromatic N) is 2. The first-order valence-corrected chi connectivity index (χ1v) is 7.55. The van der Waals surface area contributed by atoms with Crippen LogP contribution in [0.4, 0.5) is 5.69 Å². The molecule has 1 aromatic heterocycles. The van der Waals surface area contributed by atoms with Crippen molar-refractivity contribution in [3.05, 3.63) is 58.9 Å². The molecule has 0 radical (unpaired) electrons. The summed E-state index contributed by atoms with van der Waals surface area (Å²) in [6.45, 7) is 3.61. The summed E-state index contributed by atoms with van der Waals surface area (Å²) in [4.78, 5) is 29.5. The van der Waals surface area contributed by atoms with Gasteiger partial charge in [0.15, 0.2) is 0 Å². The first-order chi connectivity index (χ1) is 11.0. The van der Waals surface area contributed by atoms with E-state index in [4.69, 9.17) is 11.6 Å². The Morgan fingerprint density at radius 2 is 2.09 bits per heavy atom. The zero-order valence-electron chi connectivity index (χ0n) is 13.0. The molecule has 2 rings (SSSR count). The number of anilines is 1. The predicted molar refractivity (Wildman–Crippen MR) is 90.3 cm³/mol. The number of halogens is 1. The van der Waals surface area contributed by atoms with Crippen molar-refractivity contribution in [2.75, 3.05) is 11.4 Å². The SMILES string of the molecule is CC(=O)N(CC(=O)NCc1cccnc1)c1ccc(Cl)cc1C. The van der Waals surface area contributed by atoms with Crippen LogP contribution in [0.2, 0.25) is 5.02 Å². The third-order valence-electron chi connectivity index (χ3n) is 3.34. The molecule has 23 heavy (non-hydrogen) atoms. The van der Waals surface area contributed by atoms with E-state index in [0.717, 1.165) is 11.1 Å². The Hall–Kier alpha value is -2.40. The Morgan fingerprint density at radius 1 is 1.30 bits per heavy atom. The number of pyridine rings is 1. The van der Waals surface area contributed by atoms with Crippen LogP contribution in [0.15, 0.2) is 42.7 Å². The maximum atomic E-state index is 12.1. The van der Waals surface area contributed by atoms with Crippen LogP contribution in [0.25, 0.3) is 0 Å². The van der Waals surface area contributed by atoms with Gasteiger partial charge in [-0.3, -0.25) is 14.6 Å².